The molecule has 0 heterocycles. The van der Waals surface area contributed by atoms with E-state index in [0.717, 1.165) is 24.8 Å². The van der Waals surface area contributed by atoms with Crippen LogP contribution in [0.2, 0.25) is 0 Å². The van der Waals surface area contributed by atoms with Crippen molar-refractivity contribution in [3.63, 3.8) is 0 Å². The molecule has 4 aliphatic rings. The second-order valence-corrected chi connectivity index (χ2v) is 8.86. The molecular weight excluding hydrogens is 310 g/mol. The molecule has 0 bridgehead atoms. The van der Waals surface area contributed by atoms with Crippen molar-refractivity contribution in [1.29, 1.82) is 0 Å². The van der Waals surface area contributed by atoms with Gasteiger partial charge in [-0.1, -0.05) is 19.4 Å². The van der Waals surface area contributed by atoms with Crippen LogP contribution >= 0.6 is 0 Å². The Morgan fingerprint density at radius 3 is 2.62 bits per heavy atom. The smallest absolute Gasteiger partial charge is 0.241 e. The van der Waals surface area contributed by atoms with Crippen molar-refractivity contribution in [3.8, 4) is 0 Å². The zero-order valence-electron chi connectivity index (χ0n) is 14.4. The van der Waals surface area contributed by atoms with E-state index in [0.29, 0.717) is 19.3 Å². The van der Waals surface area contributed by atoms with Crippen molar-refractivity contribution in [3.05, 3.63) is 11.6 Å². The summed E-state index contributed by atoms with van der Waals surface area (Å²) in [5, 5.41) is 0. The normalized spacial score (nSPS) is 48.0. The molecule has 0 unspecified atom stereocenters. The van der Waals surface area contributed by atoms with Gasteiger partial charge in [0.15, 0.2) is 5.78 Å². The predicted molar refractivity (Wildman–Crippen MR) is 86.5 cm³/mol. The number of fused-ring (bicyclic) bond motifs is 5. The fourth-order valence-electron chi connectivity index (χ4n) is 6.79. The number of carbonyl (C=O) groups is 2. The molecular formula is C20H26F2O2. The van der Waals surface area contributed by atoms with Crippen LogP contribution in [-0.2, 0) is 9.59 Å². The average molecular weight is 336 g/mol. The largest absolute Gasteiger partial charge is 0.299 e. The van der Waals surface area contributed by atoms with E-state index in [1.807, 2.05) is 6.92 Å². The van der Waals surface area contributed by atoms with Crippen LogP contribution in [0.1, 0.15) is 52.4 Å². The molecule has 2 nitrogen and oxygen atoms in total. The minimum Gasteiger partial charge on any atom is -0.299 e. The zero-order chi connectivity index (χ0) is 17.2. The first-order valence-electron chi connectivity index (χ1n) is 9.37. The molecule has 3 saturated carbocycles. The van der Waals surface area contributed by atoms with E-state index in [4.69, 9.17) is 0 Å². The van der Waals surface area contributed by atoms with E-state index in [9.17, 15) is 18.4 Å². The zero-order valence-corrected chi connectivity index (χ0v) is 14.4. The number of Topliss-reactive ketones (excluding diaryl/α,β-unsaturated/α-hetero) is 1. The molecule has 0 aromatic carbocycles. The highest BCUT2D eigenvalue weighted by atomic mass is 19.3. The van der Waals surface area contributed by atoms with Crippen molar-refractivity contribution in [2.24, 2.45) is 40.9 Å². The summed E-state index contributed by atoms with van der Waals surface area (Å²) in [6.07, 6.45) is 3.17. The van der Waals surface area contributed by atoms with Gasteiger partial charge in [-0.2, -0.15) is 0 Å². The summed E-state index contributed by atoms with van der Waals surface area (Å²) in [4.78, 5) is 24.3. The molecule has 0 aromatic rings. The van der Waals surface area contributed by atoms with Crippen molar-refractivity contribution in [1.82, 2.24) is 0 Å². The summed E-state index contributed by atoms with van der Waals surface area (Å²) < 4.78 is 28.0. The topological polar surface area (TPSA) is 34.1 Å². The van der Waals surface area contributed by atoms with Crippen molar-refractivity contribution in [2.45, 2.75) is 58.8 Å². The van der Waals surface area contributed by atoms with Crippen molar-refractivity contribution >= 4 is 11.6 Å². The lowest BCUT2D eigenvalue weighted by Gasteiger charge is -2.57. The maximum absolute atomic E-state index is 14.0. The van der Waals surface area contributed by atoms with Crippen LogP contribution in [-0.4, -0.2) is 18.0 Å². The summed E-state index contributed by atoms with van der Waals surface area (Å²) in [6, 6.07) is 0. The quantitative estimate of drug-likeness (QED) is 0.710. The second-order valence-electron chi connectivity index (χ2n) is 8.86. The third-order valence-electron chi connectivity index (χ3n) is 7.73. The van der Waals surface area contributed by atoms with Gasteiger partial charge in [-0.15, -0.1) is 0 Å². The lowest BCUT2D eigenvalue weighted by atomic mass is 9.47. The fraction of sp³-hybridized carbons (Fsp3) is 0.800. The number of hydrogen-bond donors (Lipinski definition) is 0. The maximum Gasteiger partial charge on any atom is 0.241 e. The van der Waals surface area contributed by atoms with E-state index >= 15 is 0 Å². The molecule has 24 heavy (non-hydrogen) atoms. The number of ketones is 2. The van der Waals surface area contributed by atoms with Crippen molar-refractivity contribution in [2.75, 3.05) is 0 Å². The lowest BCUT2D eigenvalue weighted by Crippen LogP contribution is -2.54. The molecule has 7 atom stereocenters. The lowest BCUT2D eigenvalue weighted by molar-refractivity contribution is -0.145. The van der Waals surface area contributed by atoms with Gasteiger partial charge in [0.25, 0.3) is 0 Å². The van der Waals surface area contributed by atoms with Crippen LogP contribution in [0.25, 0.3) is 0 Å². The Bertz CT molecular complexity index is 611. The third-order valence-corrected chi connectivity index (χ3v) is 7.73. The molecule has 0 aromatic heterocycles. The Balaban J connectivity index is 1.79. The maximum atomic E-state index is 14.0. The van der Waals surface area contributed by atoms with Crippen LogP contribution in [0.5, 0.6) is 0 Å². The predicted octanol–water partition coefficient (Wildman–Crippen LogP) is 4.43. The average Bonchev–Trinajstić information content (AvgIpc) is 2.81. The second kappa shape index (κ2) is 5.47. The minimum atomic E-state index is -2.38. The van der Waals surface area contributed by atoms with Gasteiger partial charge in [-0.05, 0) is 61.3 Å². The number of rotatable bonds is 1. The van der Waals surface area contributed by atoms with Gasteiger partial charge >= 0.3 is 0 Å². The van der Waals surface area contributed by atoms with E-state index in [1.165, 1.54) is 0 Å². The Hall–Kier alpha value is -1.06. The summed E-state index contributed by atoms with van der Waals surface area (Å²) in [7, 11) is 0. The van der Waals surface area contributed by atoms with Gasteiger partial charge in [-0.3, -0.25) is 9.59 Å². The molecule has 132 valence electrons. The number of alkyl halides is 2. The molecule has 0 spiro atoms. The van der Waals surface area contributed by atoms with Gasteiger partial charge in [0.05, 0.1) is 0 Å². The van der Waals surface area contributed by atoms with E-state index in [-0.39, 0.29) is 41.2 Å². The van der Waals surface area contributed by atoms with Gasteiger partial charge < -0.3 is 0 Å². The van der Waals surface area contributed by atoms with Crippen LogP contribution in [0.3, 0.4) is 0 Å². The summed E-state index contributed by atoms with van der Waals surface area (Å²) >= 11 is 0. The summed E-state index contributed by atoms with van der Waals surface area (Å²) in [6.45, 7) is 4.09. The molecule has 4 heteroatoms. The van der Waals surface area contributed by atoms with Gasteiger partial charge in [-0.25, -0.2) is 8.78 Å². The minimum absolute atomic E-state index is 0.0583. The number of carbonyl (C=O) groups excluding carboxylic acids is 2. The molecule has 0 aliphatic heterocycles. The van der Waals surface area contributed by atoms with Gasteiger partial charge in [0, 0.05) is 24.2 Å². The number of halogens is 2. The highest BCUT2D eigenvalue weighted by molar-refractivity contribution is 5.91. The molecule has 0 saturated heterocycles. The van der Waals surface area contributed by atoms with Crippen LogP contribution in [0, 0.1) is 40.9 Å². The van der Waals surface area contributed by atoms with Crippen LogP contribution < -0.4 is 0 Å². The Labute approximate surface area is 142 Å². The highest BCUT2D eigenvalue weighted by Gasteiger charge is 2.62. The van der Waals surface area contributed by atoms with Gasteiger partial charge in [0.2, 0.25) is 6.43 Å². The molecule has 0 N–H and O–H groups in total. The summed E-state index contributed by atoms with van der Waals surface area (Å²) in [5.41, 5.74) is 0.556. The van der Waals surface area contributed by atoms with E-state index in [1.54, 1.807) is 6.08 Å². The molecule has 4 aliphatic carbocycles. The number of hydrogen-bond acceptors (Lipinski definition) is 2. The molecule has 3 fully saturated rings. The van der Waals surface area contributed by atoms with E-state index < -0.39 is 17.8 Å². The Kier molecular flexibility index (Phi) is 3.74. The molecule has 0 amide bonds. The van der Waals surface area contributed by atoms with Crippen molar-refractivity contribution < 1.29 is 18.4 Å². The summed E-state index contributed by atoms with van der Waals surface area (Å²) in [5.74, 6) is 0.438. The van der Waals surface area contributed by atoms with Crippen LogP contribution in [0.4, 0.5) is 8.78 Å². The highest BCUT2D eigenvalue weighted by Crippen LogP contribution is 2.64. The number of allylic oxidation sites excluding steroid dienone is 1. The Morgan fingerprint density at radius 1 is 1.17 bits per heavy atom. The van der Waals surface area contributed by atoms with Gasteiger partial charge in [0.1, 0.15) is 5.78 Å². The first-order valence-corrected chi connectivity index (χ1v) is 9.37. The van der Waals surface area contributed by atoms with E-state index in [2.05, 4.69) is 6.92 Å². The standard InChI is InChI=1S/C20H26F2O2/c1-10-7-11-8-12(23)3-4-13(11)18-14(19(21)22)9-20(2)15(17(10)18)5-6-16(20)24/h8,10,13-15,17-19H,3-7,9H2,1-2H3/t10-,13+,14+,15+,17+,18+,20+/m1/s1. The Morgan fingerprint density at radius 2 is 1.92 bits per heavy atom. The SMILES string of the molecule is C[C@@H]1CC2=CC(=O)CC[C@@H]2[C@@H]2[C@@H]1[C@@H]1CCC(=O)[C@@]1(C)C[C@@H]2C(F)F. The fourth-order valence-corrected chi connectivity index (χ4v) is 6.79. The third kappa shape index (κ3) is 2.17. The molecule has 4 rings (SSSR count). The van der Waals surface area contributed by atoms with Crippen LogP contribution in [0.15, 0.2) is 11.6 Å². The first kappa shape index (κ1) is 16.4. The first-order chi connectivity index (χ1) is 11.3. The molecule has 0 radical (unpaired) electrons. The monoisotopic (exact) mass is 336 g/mol.